The third-order valence-electron chi connectivity index (χ3n) is 3.92. The Labute approximate surface area is 145 Å². The van der Waals surface area contributed by atoms with Crippen molar-refractivity contribution < 1.29 is 19.0 Å². The summed E-state index contributed by atoms with van der Waals surface area (Å²) < 4.78 is 19.9. The Kier molecular flexibility index (Phi) is 4.21. The van der Waals surface area contributed by atoms with Crippen LogP contribution in [0.1, 0.15) is 10.4 Å². The highest BCUT2D eigenvalue weighted by Gasteiger charge is 2.17. The van der Waals surface area contributed by atoms with Gasteiger partial charge in [-0.2, -0.15) is 0 Å². The number of hydrogen-bond donors (Lipinski definition) is 3. The minimum absolute atomic E-state index is 0.0177. The fourth-order valence-corrected chi connectivity index (χ4v) is 2.64. The minimum atomic E-state index is -1.18. The molecular weight excluding hydrogens is 345 g/mol. The van der Waals surface area contributed by atoms with Crippen molar-refractivity contribution in [3.05, 3.63) is 62.6 Å². The van der Waals surface area contributed by atoms with Crippen LogP contribution < -0.4 is 21.3 Å². The third-order valence-corrected chi connectivity index (χ3v) is 3.92. The number of nitrogens with one attached hydrogen (secondary N) is 2. The summed E-state index contributed by atoms with van der Waals surface area (Å²) in [5.74, 6) is -1.82. The molecule has 0 fully saturated rings. The number of carbonyl (C=O) groups is 1. The number of anilines is 1. The smallest absolute Gasteiger partial charge is 0.335 e. The molecular formula is C17H14FN3O5. The Balaban J connectivity index is 2.34. The summed E-state index contributed by atoms with van der Waals surface area (Å²) in [5.41, 5.74) is -1.25. The molecule has 0 saturated heterocycles. The van der Waals surface area contributed by atoms with Gasteiger partial charge in [-0.05, 0) is 30.3 Å². The lowest BCUT2D eigenvalue weighted by Crippen LogP contribution is -2.34. The normalized spacial score (nSPS) is 10.7. The summed E-state index contributed by atoms with van der Waals surface area (Å²) in [6.45, 7) is 0. The molecule has 2 aromatic carbocycles. The number of aromatic nitrogens is 2. The number of methoxy groups -OCH3 is 1. The first-order valence-electron chi connectivity index (χ1n) is 7.45. The first-order chi connectivity index (χ1) is 12.4. The van der Waals surface area contributed by atoms with Gasteiger partial charge >= 0.3 is 11.7 Å². The number of carboxylic acids is 1. The molecule has 26 heavy (non-hydrogen) atoms. The molecule has 3 N–H and O–H groups in total. The maximum Gasteiger partial charge on any atom is 0.335 e. The second-order valence-corrected chi connectivity index (χ2v) is 5.39. The second-order valence-electron chi connectivity index (χ2n) is 5.39. The first-order valence-corrected chi connectivity index (χ1v) is 7.45. The number of hydrogen-bond acceptors (Lipinski definition) is 5. The van der Waals surface area contributed by atoms with Crippen molar-refractivity contribution in [1.29, 1.82) is 0 Å². The van der Waals surface area contributed by atoms with Gasteiger partial charge in [0.25, 0.3) is 5.56 Å². The molecule has 0 unspecified atom stereocenters. The molecule has 0 aliphatic rings. The highest BCUT2D eigenvalue weighted by Crippen LogP contribution is 2.23. The standard InChI is InChI=1S/C17H14FN3O5/c1-19-12-7-11-9(6-10(12)18)15(22)21(17(25)20-11)13-4-3-8(16(23)24)5-14(13)26-2/h3-7,19H,1-2H3,(H,20,25)(H,23,24). The van der Waals surface area contributed by atoms with Crippen molar-refractivity contribution in [1.82, 2.24) is 9.55 Å². The number of aromatic amines is 1. The summed E-state index contributed by atoms with van der Waals surface area (Å²) in [5, 5.41) is 11.6. The summed E-state index contributed by atoms with van der Waals surface area (Å²) >= 11 is 0. The number of nitrogens with zero attached hydrogens (tertiary/aromatic N) is 1. The minimum Gasteiger partial charge on any atom is -0.495 e. The molecule has 9 heteroatoms. The van der Waals surface area contributed by atoms with E-state index in [0.29, 0.717) is 0 Å². The van der Waals surface area contributed by atoms with Crippen LogP contribution in [0, 0.1) is 5.82 Å². The largest absolute Gasteiger partial charge is 0.495 e. The molecule has 8 nitrogen and oxygen atoms in total. The van der Waals surface area contributed by atoms with Gasteiger partial charge in [-0.1, -0.05) is 0 Å². The summed E-state index contributed by atoms with van der Waals surface area (Å²) in [6, 6.07) is 6.05. The van der Waals surface area contributed by atoms with E-state index in [2.05, 4.69) is 10.3 Å². The van der Waals surface area contributed by atoms with Crippen molar-refractivity contribution in [3.63, 3.8) is 0 Å². The van der Waals surface area contributed by atoms with Gasteiger partial charge in [0.15, 0.2) is 0 Å². The van der Waals surface area contributed by atoms with Crippen LogP contribution >= 0.6 is 0 Å². The van der Waals surface area contributed by atoms with Crippen LogP contribution in [0.3, 0.4) is 0 Å². The van der Waals surface area contributed by atoms with Gasteiger partial charge in [-0.25, -0.2) is 18.5 Å². The van der Waals surface area contributed by atoms with E-state index >= 15 is 0 Å². The fourth-order valence-electron chi connectivity index (χ4n) is 2.64. The lowest BCUT2D eigenvalue weighted by atomic mass is 10.1. The average molecular weight is 359 g/mol. The van der Waals surface area contributed by atoms with Gasteiger partial charge in [0.1, 0.15) is 11.6 Å². The van der Waals surface area contributed by atoms with Crippen LogP contribution in [-0.4, -0.2) is 34.8 Å². The maximum absolute atomic E-state index is 14.0. The molecule has 0 radical (unpaired) electrons. The lowest BCUT2D eigenvalue weighted by molar-refractivity contribution is 0.0696. The molecule has 1 aromatic heterocycles. The van der Waals surface area contributed by atoms with Crippen LogP contribution in [0.4, 0.5) is 10.1 Å². The molecule has 3 aromatic rings. The third kappa shape index (κ3) is 2.69. The number of aromatic carboxylic acids is 1. The van der Waals surface area contributed by atoms with Crippen molar-refractivity contribution in [2.24, 2.45) is 0 Å². The monoisotopic (exact) mass is 359 g/mol. The molecule has 0 atom stereocenters. The molecule has 0 bridgehead atoms. The topological polar surface area (TPSA) is 113 Å². The number of fused-ring (bicyclic) bond motifs is 1. The number of benzene rings is 2. The maximum atomic E-state index is 14.0. The summed E-state index contributed by atoms with van der Waals surface area (Å²) in [4.78, 5) is 38.8. The molecule has 1 heterocycles. The number of rotatable bonds is 4. The number of carboxylic acid groups (broad SMARTS) is 1. The number of halogens is 1. The van der Waals surface area contributed by atoms with E-state index in [4.69, 9.17) is 9.84 Å². The van der Waals surface area contributed by atoms with E-state index in [9.17, 15) is 18.8 Å². The highest BCUT2D eigenvalue weighted by molar-refractivity contribution is 5.88. The zero-order chi connectivity index (χ0) is 19.0. The quantitative estimate of drug-likeness (QED) is 0.652. The van der Waals surface area contributed by atoms with Crippen LogP contribution in [0.5, 0.6) is 5.75 Å². The Morgan fingerprint density at radius 2 is 2.00 bits per heavy atom. The molecule has 0 spiro atoms. The average Bonchev–Trinajstić information content (AvgIpc) is 2.62. The zero-order valence-corrected chi connectivity index (χ0v) is 13.8. The molecule has 0 aliphatic carbocycles. The van der Waals surface area contributed by atoms with E-state index in [0.717, 1.165) is 10.6 Å². The fraction of sp³-hybridized carbons (Fsp3) is 0.118. The van der Waals surface area contributed by atoms with Crippen LogP contribution in [0.15, 0.2) is 39.9 Å². The van der Waals surface area contributed by atoms with E-state index in [1.165, 1.54) is 38.4 Å². The molecule has 0 aliphatic heterocycles. The Bertz CT molecular complexity index is 1150. The van der Waals surface area contributed by atoms with E-state index < -0.39 is 23.0 Å². The number of ether oxygens (including phenoxy) is 1. The predicted octanol–water partition coefficient (Wildman–Crippen LogP) is 1.57. The van der Waals surface area contributed by atoms with E-state index in [1.54, 1.807) is 0 Å². The van der Waals surface area contributed by atoms with E-state index in [1.807, 2.05) is 0 Å². The van der Waals surface area contributed by atoms with Gasteiger partial charge < -0.3 is 20.1 Å². The van der Waals surface area contributed by atoms with Gasteiger partial charge in [0, 0.05) is 7.05 Å². The molecule has 3 rings (SSSR count). The van der Waals surface area contributed by atoms with Gasteiger partial charge in [-0.3, -0.25) is 4.79 Å². The zero-order valence-electron chi connectivity index (χ0n) is 13.8. The Hall–Kier alpha value is -3.62. The van der Waals surface area contributed by atoms with Crippen molar-refractivity contribution in [2.75, 3.05) is 19.5 Å². The molecule has 0 saturated carbocycles. The van der Waals surface area contributed by atoms with Crippen molar-refractivity contribution in [3.8, 4) is 11.4 Å². The Morgan fingerprint density at radius 1 is 1.27 bits per heavy atom. The lowest BCUT2D eigenvalue weighted by Gasteiger charge is -2.12. The Morgan fingerprint density at radius 3 is 2.62 bits per heavy atom. The predicted molar refractivity (Wildman–Crippen MR) is 93.2 cm³/mol. The van der Waals surface area contributed by atoms with Gasteiger partial charge in [0.05, 0.1) is 35.0 Å². The first kappa shape index (κ1) is 17.2. The summed E-state index contributed by atoms with van der Waals surface area (Å²) in [7, 11) is 2.79. The van der Waals surface area contributed by atoms with Crippen LogP contribution in [0.25, 0.3) is 16.6 Å². The molecule has 0 amide bonds. The highest BCUT2D eigenvalue weighted by atomic mass is 19.1. The van der Waals surface area contributed by atoms with E-state index in [-0.39, 0.29) is 33.6 Å². The number of H-pyrrole nitrogens is 1. The summed E-state index contributed by atoms with van der Waals surface area (Å²) in [6.07, 6.45) is 0. The second kappa shape index (κ2) is 6.36. The van der Waals surface area contributed by atoms with Crippen LogP contribution in [0.2, 0.25) is 0 Å². The van der Waals surface area contributed by atoms with Crippen molar-refractivity contribution >= 4 is 22.6 Å². The SMILES string of the molecule is CNc1cc2[nH]c(=O)n(-c3ccc(C(=O)O)cc3OC)c(=O)c2cc1F. The van der Waals surface area contributed by atoms with Gasteiger partial charge in [-0.15, -0.1) is 0 Å². The van der Waals surface area contributed by atoms with Crippen LogP contribution in [-0.2, 0) is 0 Å². The molecule has 134 valence electrons. The van der Waals surface area contributed by atoms with Crippen molar-refractivity contribution in [2.45, 2.75) is 0 Å². The van der Waals surface area contributed by atoms with Gasteiger partial charge in [0.2, 0.25) is 0 Å².